The van der Waals surface area contributed by atoms with Crippen LogP contribution >= 0.6 is 11.3 Å². The standard InChI is InChI=1S/C21H21NO3S/c1-2-25-18-11-7-6-10-17(18)21(24)22-14-16-12-13-19(26-16)20(23)15-8-4-3-5-9-15/h3-13,20,23H,2,14H2,1H3,(H,22,24)/t20-/m0/s1. The van der Waals surface area contributed by atoms with E-state index in [1.54, 1.807) is 12.1 Å². The molecule has 0 radical (unpaired) electrons. The first-order valence-electron chi connectivity index (χ1n) is 8.50. The Labute approximate surface area is 157 Å². The Hall–Kier alpha value is -2.63. The smallest absolute Gasteiger partial charge is 0.255 e. The number of aliphatic hydroxyl groups excluding tert-OH is 1. The summed E-state index contributed by atoms with van der Waals surface area (Å²) in [4.78, 5) is 14.3. The third-order valence-corrected chi connectivity index (χ3v) is 5.06. The number of rotatable bonds is 7. The van der Waals surface area contributed by atoms with Gasteiger partial charge in [0.2, 0.25) is 0 Å². The fourth-order valence-electron chi connectivity index (χ4n) is 2.63. The molecule has 0 aliphatic carbocycles. The van der Waals surface area contributed by atoms with Crippen LogP contribution in [0.4, 0.5) is 0 Å². The van der Waals surface area contributed by atoms with Crippen molar-refractivity contribution in [2.45, 2.75) is 19.6 Å². The molecule has 1 heterocycles. The highest BCUT2D eigenvalue weighted by atomic mass is 32.1. The van der Waals surface area contributed by atoms with E-state index in [0.717, 1.165) is 15.3 Å². The zero-order chi connectivity index (χ0) is 18.4. The molecule has 26 heavy (non-hydrogen) atoms. The molecule has 0 fully saturated rings. The van der Waals surface area contributed by atoms with Crippen molar-refractivity contribution in [3.8, 4) is 5.75 Å². The van der Waals surface area contributed by atoms with E-state index in [2.05, 4.69) is 5.32 Å². The molecule has 134 valence electrons. The summed E-state index contributed by atoms with van der Waals surface area (Å²) in [5.74, 6) is 0.409. The molecule has 0 bridgehead atoms. The summed E-state index contributed by atoms with van der Waals surface area (Å²) in [6, 6.07) is 20.6. The molecule has 5 heteroatoms. The number of carbonyl (C=O) groups excluding carboxylic acids is 1. The number of benzene rings is 2. The normalized spacial score (nSPS) is 11.8. The number of carbonyl (C=O) groups is 1. The first-order valence-corrected chi connectivity index (χ1v) is 9.32. The van der Waals surface area contributed by atoms with E-state index < -0.39 is 6.10 Å². The molecule has 0 saturated carbocycles. The summed E-state index contributed by atoms with van der Waals surface area (Å²) in [5, 5.41) is 13.4. The van der Waals surface area contributed by atoms with Gasteiger partial charge in [-0.25, -0.2) is 0 Å². The maximum absolute atomic E-state index is 12.4. The molecule has 1 amide bonds. The van der Waals surface area contributed by atoms with Crippen LogP contribution in [0.15, 0.2) is 66.7 Å². The van der Waals surface area contributed by atoms with Crippen molar-refractivity contribution >= 4 is 17.2 Å². The quantitative estimate of drug-likeness (QED) is 0.659. The summed E-state index contributed by atoms with van der Waals surface area (Å²) < 4.78 is 5.50. The van der Waals surface area contributed by atoms with Crippen LogP contribution in [0.5, 0.6) is 5.75 Å². The van der Waals surface area contributed by atoms with Gasteiger partial charge in [-0.1, -0.05) is 42.5 Å². The van der Waals surface area contributed by atoms with E-state index in [9.17, 15) is 9.90 Å². The van der Waals surface area contributed by atoms with E-state index in [0.29, 0.717) is 24.5 Å². The molecule has 0 spiro atoms. The minimum absolute atomic E-state index is 0.174. The van der Waals surface area contributed by atoms with Crippen LogP contribution in [-0.2, 0) is 6.54 Å². The van der Waals surface area contributed by atoms with Crippen molar-refractivity contribution in [3.05, 3.63) is 87.6 Å². The highest BCUT2D eigenvalue weighted by Gasteiger charge is 2.14. The molecule has 1 aromatic heterocycles. The van der Waals surface area contributed by atoms with Crippen LogP contribution in [0.3, 0.4) is 0 Å². The average molecular weight is 367 g/mol. The first kappa shape index (κ1) is 18.2. The molecular weight excluding hydrogens is 346 g/mol. The number of ether oxygens (including phenoxy) is 1. The minimum atomic E-state index is -0.649. The average Bonchev–Trinajstić information content (AvgIpc) is 3.16. The van der Waals surface area contributed by atoms with Crippen molar-refractivity contribution in [2.75, 3.05) is 6.61 Å². The number of hydrogen-bond donors (Lipinski definition) is 2. The van der Waals surface area contributed by atoms with Crippen LogP contribution in [-0.4, -0.2) is 17.6 Å². The maximum atomic E-state index is 12.4. The Morgan fingerprint density at radius 1 is 1.08 bits per heavy atom. The van der Waals surface area contributed by atoms with Gasteiger partial charge in [0.25, 0.3) is 5.91 Å². The lowest BCUT2D eigenvalue weighted by molar-refractivity contribution is 0.0947. The predicted octanol–water partition coefficient (Wildman–Crippen LogP) is 4.16. The van der Waals surface area contributed by atoms with Gasteiger partial charge in [0.05, 0.1) is 18.7 Å². The summed E-state index contributed by atoms with van der Waals surface area (Å²) in [6.45, 7) is 2.81. The van der Waals surface area contributed by atoms with Crippen LogP contribution < -0.4 is 10.1 Å². The Morgan fingerprint density at radius 2 is 1.81 bits per heavy atom. The highest BCUT2D eigenvalue weighted by molar-refractivity contribution is 7.12. The second-order valence-electron chi connectivity index (χ2n) is 5.73. The number of nitrogens with one attached hydrogen (secondary N) is 1. The van der Waals surface area contributed by atoms with Crippen molar-refractivity contribution in [1.29, 1.82) is 0 Å². The Balaban J connectivity index is 1.64. The largest absolute Gasteiger partial charge is 0.493 e. The third kappa shape index (κ3) is 4.31. The van der Waals surface area contributed by atoms with E-state index in [-0.39, 0.29) is 5.91 Å². The molecule has 3 rings (SSSR count). The molecule has 3 aromatic rings. The SMILES string of the molecule is CCOc1ccccc1C(=O)NCc1ccc([C@@H](O)c2ccccc2)s1. The number of thiophene rings is 1. The lowest BCUT2D eigenvalue weighted by Crippen LogP contribution is -2.23. The number of aliphatic hydroxyl groups is 1. The Bertz CT molecular complexity index is 860. The van der Waals surface area contributed by atoms with Crippen LogP contribution in [0.2, 0.25) is 0 Å². The fourth-order valence-corrected chi connectivity index (χ4v) is 3.60. The summed E-state index contributed by atoms with van der Waals surface area (Å²) in [5.41, 5.74) is 1.38. The lowest BCUT2D eigenvalue weighted by Gasteiger charge is -2.10. The van der Waals surface area contributed by atoms with Crippen molar-refractivity contribution in [1.82, 2.24) is 5.32 Å². The molecule has 2 N–H and O–H groups in total. The molecule has 4 nitrogen and oxygen atoms in total. The molecular formula is C21H21NO3S. The van der Waals surface area contributed by atoms with Gasteiger partial charge in [0.15, 0.2) is 0 Å². The zero-order valence-electron chi connectivity index (χ0n) is 14.5. The Kier molecular flexibility index (Phi) is 6.04. The minimum Gasteiger partial charge on any atom is -0.493 e. The van der Waals surface area contributed by atoms with Crippen LogP contribution in [0.25, 0.3) is 0 Å². The summed E-state index contributed by atoms with van der Waals surface area (Å²) >= 11 is 1.49. The van der Waals surface area contributed by atoms with Gasteiger partial charge in [-0.05, 0) is 36.8 Å². The fraction of sp³-hybridized carbons (Fsp3) is 0.190. The zero-order valence-corrected chi connectivity index (χ0v) is 15.3. The topological polar surface area (TPSA) is 58.6 Å². The van der Waals surface area contributed by atoms with Gasteiger partial charge in [0, 0.05) is 9.75 Å². The van der Waals surface area contributed by atoms with Gasteiger partial charge in [-0.15, -0.1) is 11.3 Å². The van der Waals surface area contributed by atoms with E-state index in [4.69, 9.17) is 4.74 Å². The third-order valence-electron chi connectivity index (χ3n) is 3.92. The molecule has 1 atom stereocenters. The Morgan fingerprint density at radius 3 is 2.58 bits per heavy atom. The number of hydrogen-bond acceptors (Lipinski definition) is 4. The van der Waals surface area contributed by atoms with E-state index in [1.807, 2.05) is 61.5 Å². The molecule has 0 aliphatic heterocycles. The monoisotopic (exact) mass is 367 g/mol. The summed E-state index contributed by atoms with van der Waals surface area (Å²) in [7, 11) is 0. The molecule has 2 aromatic carbocycles. The second kappa shape index (κ2) is 8.65. The van der Waals surface area contributed by atoms with Gasteiger partial charge < -0.3 is 15.2 Å². The van der Waals surface area contributed by atoms with Gasteiger partial charge in [-0.2, -0.15) is 0 Å². The molecule has 0 unspecified atom stereocenters. The summed E-state index contributed by atoms with van der Waals surface area (Å²) in [6.07, 6.45) is -0.649. The second-order valence-corrected chi connectivity index (χ2v) is 6.93. The highest BCUT2D eigenvalue weighted by Crippen LogP contribution is 2.28. The maximum Gasteiger partial charge on any atom is 0.255 e. The lowest BCUT2D eigenvalue weighted by atomic mass is 10.1. The van der Waals surface area contributed by atoms with E-state index >= 15 is 0 Å². The number of amides is 1. The molecule has 0 saturated heterocycles. The van der Waals surface area contributed by atoms with Crippen LogP contribution in [0.1, 0.15) is 38.7 Å². The van der Waals surface area contributed by atoms with Gasteiger partial charge >= 0.3 is 0 Å². The van der Waals surface area contributed by atoms with E-state index in [1.165, 1.54) is 11.3 Å². The van der Waals surface area contributed by atoms with Crippen molar-refractivity contribution < 1.29 is 14.6 Å². The van der Waals surface area contributed by atoms with Crippen molar-refractivity contribution in [2.24, 2.45) is 0 Å². The van der Waals surface area contributed by atoms with Crippen molar-refractivity contribution in [3.63, 3.8) is 0 Å². The molecule has 0 aliphatic rings. The first-order chi connectivity index (χ1) is 12.7. The van der Waals surface area contributed by atoms with Crippen LogP contribution in [0, 0.1) is 0 Å². The van der Waals surface area contributed by atoms with Gasteiger partial charge in [-0.3, -0.25) is 4.79 Å². The van der Waals surface area contributed by atoms with Gasteiger partial charge in [0.1, 0.15) is 11.9 Å². The number of para-hydroxylation sites is 1. The predicted molar refractivity (Wildman–Crippen MR) is 104 cm³/mol.